The van der Waals surface area contributed by atoms with Gasteiger partial charge >= 0.3 is 11.9 Å². The summed E-state index contributed by atoms with van der Waals surface area (Å²) < 4.78 is 59.3. The molecular formula is C29H23ClFNO7S. The standard InChI is InChI=1S/C29H23ClFNO7S/c1-37-29(34)22-14-23(30)28(39-18-27(33)38-17-19-8-4-2-5-9-19)26(16-22)40(35,36)32-25-15-21(12-13-24(25)31)20-10-6-3-7-11-20/h2-16,32H,17-18H2,1H3. The molecule has 206 valence electrons. The average molecular weight is 584 g/mol. The molecule has 0 spiro atoms. The Labute approximate surface area is 235 Å². The van der Waals surface area contributed by atoms with Crippen molar-refractivity contribution in [3.05, 3.63) is 113 Å². The lowest BCUT2D eigenvalue weighted by molar-refractivity contribution is -0.147. The third kappa shape index (κ3) is 6.96. The largest absolute Gasteiger partial charge is 0.479 e. The minimum atomic E-state index is -4.61. The van der Waals surface area contributed by atoms with E-state index in [4.69, 9.17) is 21.1 Å². The first kappa shape index (κ1) is 28.6. The number of anilines is 1. The van der Waals surface area contributed by atoms with Crippen molar-refractivity contribution in [2.45, 2.75) is 11.5 Å². The molecule has 0 bridgehead atoms. The maximum atomic E-state index is 14.7. The molecule has 0 atom stereocenters. The molecule has 4 aromatic carbocycles. The number of methoxy groups -OCH3 is 1. The highest BCUT2D eigenvalue weighted by molar-refractivity contribution is 7.92. The number of benzene rings is 4. The minimum absolute atomic E-state index is 0.0260. The van der Waals surface area contributed by atoms with E-state index in [0.717, 1.165) is 36.4 Å². The number of rotatable bonds is 10. The third-order valence-corrected chi connectivity index (χ3v) is 7.27. The first-order chi connectivity index (χ1) is 19.2. The van der Waals surface area contributed by atoms with Gasteiger partial charge in [-0.2, -0.15) is 0 Å². The van der Waals surface area contributed by atoms with Crippen LogP contribution in [0, 0.1) is 5.82 Å². The number of ether oxygens (including phenoxy) is 3. The monoisotopic (exact) mass is 583 g/mol. The van der Waals surface area contributed by atoms with Crippen molar-refractivity contribution >= 4 is 39.3 Å². The summed E-state index contributed by atoms with van der Waals surface area (Å²) in [7, 11) is -3.50. The second-order valence-electron chi connectivity index (χ2n) is 8.38. The second-order valence-corrected chi connectivity index (χ2v) is 10.4. The van der Waals surface area contributed by atoms with Crippen LogP contribution in [0.25, 0.3) is 11.1 Å². The number of nitrogens with one attached hydrogen (secondary N) is 1. The first-order valence-electron chi connectivity index (χ1n) is 11.8. The Kier molecular flexibility index (Phi) is 9.03. The summed E-state index contributed by atoms with van der Waals surface area (Å²) in [5, 5.41) is -0.294. The van der Waals surface area contributed by atoms with E-state index in [0.29, 0.717) is 5.56 Å². The van der Waals surface area contributed by atoms with E-state index in [9.17, 15) is 22.4 Å². The summed E-state index contributed by atoms with van der Waals surface area (Å²) in [6.07, 6.45) is 0. The smallest absolute Gasteiger partial charge is 0.344 e. The summed E-state index contributed by atoms with van der Waals surface area (Å²) in [5.74, 6) is -2.94. The Morgan fingerprint density at radius 2 is 1.57 bits per heavy atom. The molecule has 0 saturated carbocycles. The van der Waals surface area contributed by atoms with Gasteiger partial charge in [0.2, 0.25) is 0 Å². The van der Waals surface area contributed by atoms with Gasteiger partial charge in [0.05, 0.1) is 23.4 Å². The molecular weight excluding hydrogens is 561 g/mol. The van der Waals surface area contributed by atoms with Crippen LogP contribution in [0.1, 0.15) is 15.9 Å². The molecule has 0 unspecified atom stereocenters. The number of esters is 2. The number of hydrogen-bond donors (Lipinski definition) is 1. The number of sulfonamides is 1. The molecule has 0 saturated heterocycles. The summed E-state index contributed by atoms with van der Waals surface area (Å²) >= 11 is 6.29. The van der Waals surface area contributed by atoms with Gasteiger partial charge in [0.25, 0.3) is 10.0 Å². The number of carbonyl (C=O) groups excluding carboxylic acids is 2. The molecule has 11 heteroatoms. The van der Waals surface area contributed by atoms with Crippen LogP contribution in [0.3, 0.4) is 0 Å². The van der Waals surface area contributed by atoms with Gasteiger partial charge in [-0.3, -0.25) is 4.72 Å². The molecule has 0 aliphatic heterocycles. The second kappa shape index (κ2) is 12.6. The predicted molar refractivity (Wildman–Crippen MR) is 147 cm³/mol. The zero-order valence-electron chi connectivity index (χ0n) is 21.1. The van der Waals surface area contributed by atoms with Crippen LogP contribution in [0.2, 0.25) is 5.02 Å². The van der Waals surface area contributed by atoms with Crippen LogP contribution >= 0.6 is 11.6 Å². The number of hydrogen-bond acceptors (Lipinski definition) is 7. The summed E-state index contributed by atoms with van der Waals surface area (Å²) in [4.78, 5) is 23.9. The van der Waals surface area contributed by atoms with Crippen LogP contribution in [-0.2, 0) is 30.9 Å². The van der Waals surface area contributed by atoms with Crippen LogP contribution in [0.15, 0.2) is 95.9 Å². The Bertz CT molecular complexity index is 1630. The van der Waals surface area contributed by atoms with Crippen molar-refractivity contribution in [2.24, 2.45) is 0 Å². The highest BCUT2D eigenvalue weighted by Crippen LogP contribution is 2.36. The minimum Gasteiger partial charge on any atom is -0.479 e. The van der Waals surface area contributed by atoms with Crippen molar-refractivity contribution in [2.75, 3.05) is 18.4 Å². The van der Waals surface area contributed by atoms with E-state index in [1.807, 2.05) is 12.1 Å². The Morgan fingerprint density at radius 3 is 2.25 bits per heavy atom. The molecule has 40 heavy (non-hydrogen) atoms. The van der Waals surface area contributed by atoms with Gasteiger partial charge in [0, 0.05) is 0 Å². The summed E-state index contributed by atoms with van der Waals surface area (Å²) in [5.41, 5.74) is 1.47. The van der Waals surface area contributed by atoms with Crippen LogP contribution < -0.4 is 9.46 Å². The fourth-order valence-corrected chi connectivity index (χ4v) is 5.25. The Balaban J connectivity index is 1.63. The lowest BCUT2D eigenvalue weighted by Crippen LogP contribution is -2.19. The van der Waals surface area contributed by atoms with E-state index in [1.54, 1.807) is 48.5 Å². The average Bonchev–Trinajstić information content (AvgIpc) is 2.96. The lowest BCUT2D eigenvalue weighted by atomic mass is 10.1. The van der Waals surface area contributed by atoms with Gasteiger partial charge in [0.15, 0.2) is 12.4 Å². The van der Waals surface area contributed by atoms with Crippen LogP contribution in [-0.4, -0.2) is 34.1 Å². The first-order valence-corrected chi connectivity index (χ1v) is 13.7. The van der Waals surface area contributed by atoms with Gasteiger partial charge in [0.1, 0.15) is 17.3 Å². The van der Waals surface area contributed by atoms with Crippen molar-refractivity contribution in [1.29, 1.82) is 0 Å². The molecule has 0 aromatic heterocycles. The molecule has 0 fully saturated rings. The van der Waals surface area contributed by atoms with Gasteiger partial charge in [-0.25, -0.2) is 22.4 Å². The highest BCUT2D eigenvalue weighted by Gasteiger charge is 2.27. The molecule has 0 amide bonds. The SMILES string of the molecule is COC(=O)c1cc(Cl)c(OCC(=O)OCc2ccccc2)c(S(=O)(=O)Nc2cc(-c3ccccc3)ccc2F)c1. The molecule has 0 radical (unpaired) electrons. The molecule has 0 aliphatic carbocycles. The fourth-order valence-electron chi connectivity index (χ4n) is 3.67. The van der Waals surface area contributed by atoms with Gasteiger partial charge in [-0.15, -0.1) is 0 Å². The van der Waals surface area contributed by atoms with Gasteiger partial charge in [-0.05, 0) is 41.0 Å². The van der Waals surface area contributed by atoms with E-state index in [-0.39, 0.29) is 22.9 Å². The number of halogens is 2. The zero-order valence-corrected chi connectivity index (χ0v) is 22.7. The van der Waals surface area contributed by atoms with Gasteiger partial charge < -0.3 is 14.2 Å². The molecule has 4 rings (SSSR count). The fraction of sp³-hybridized carbons (Fsp3) is 0.103. The molecule has 1 N–H and O–H groups in total. The van der Waals surface area contributed by atoms with Crippen molar-refractivity contribution in [3.63, 3.8) is 0 Å². The van der Waals surface area contributed by atoms with Crippen molar-refractivity contribution < 1.29 is 36.6 Å². The predicted octanol–water partition coefficient (Wildman–Crippen LogP) is 5.86. The van der Waals surface area contributed by atoms with E-state index < -0.39 is 45.0 Å². The van der Waals surface area contributed by atoms with E-state index >= 15 is 0 Å². The molecule has 8 nitrogen and oxygen atoms in total. The molecule has 0 aliphatic rings. The van der Waals surface area contributed by atoms with E-state index in [2.05, 4.69) is 9.46 Å². The highest BCUT2D eigenvalue weighted by atomic mass is 35.5. The topological polar surface area (TPSA) is 108 Å². The summed E-state index contributed by atoms with van der Waals surface area (Å²) in [6.45, 7) is -0.716. The normalized spacial score (nSPS) is 11.0. The van der Waals surface area contributed by atoms with E-state index in [1.165, 1.54) is 12.1 Å². The maximum absolute atomic E-state index is 14.7. The Morgan fingerprint density at radius 1 is 0.900 bits per heavy atom. The van der Waals surface area contributed by atoms with Crippen LogP contribution in [0.5, 0.6) is 5.75 Å². The Hall–Kier alpha value is -4.41. The van der Waals surface area contributed by atoms with Gasteiger partial charge in [-0.1, -0.05) is 78.3 Å². The molecule has 4 aromatic rings. The quantitative estimate of drug-likeness (QED) is 0.233. The molecule has 0 heterocycles. The number of carbonyl (C=O) groups is 2. The van der Waals surface area contributed by atoms with Crippen molar-refractivity contribution in [3.8, 4) is 16.9 Å². The zero-order chi connectivity index (χ0) is 28.7. The lowest BCUT2D eigenvalue weighted by Gasteiger charge is -2.16. The van der Waals surface area contributed by atoms with Crippen molar-refractivity contribution in [1.82, 2.24) is 0 Å². The van der Waals surface area contributed by atoms with Crippen LogP contribution in [0.4, 0.5) is 10.1 Å². The maximum Gasteiger partial charge on any atom is 0.344 e. The summed E-state index contributed by atoms with van der Waals surface area (Å²) in [6, 6.07) is 23.9. The third-order valence-electron chi connectivity index (χ3n) is 5.61.